The molecule has 0 radical (unpaired) electrons. The third kappa shape index (κ3) is 3.71. The summed E-state index contributed by atoms with van der Waals surface area (Å²) in [7, 11) is 0. The lowest BCUT2D eigenvalue weighted by molar-refractivity contribution is -0.129. The van der Waals surface area contributed by atoms with E-state index < -0.39 is 5.92 Å². The van der Waals surface area contributed by atoms with Gasteiger partial charge in [0.25, 0.3) is 5.91 Å². The molecule has 2 amide bonds. The van der Waals surface area contributed by atoms with Crippen molar-refractivity contribution in [1.29, 1.82) is 0 Å². The second-order valence-electron chi connectivity index (χ2n) is 8.61. The van der Waals surface area contributed by atoms with Gasteiger partial charge in [-0.05, 0) is 48.1 Å². The molecule has 0 N–H and O–H groups in total. The number of carbonyl (C=O) groups excluding carboxylic acids is 2. The lowest BCUT2D eigenvalue weighted by Crippen LogP contribution is -2.44. The number of rotatable bonds is 4. The summed E-state index contributed by atoms with van der Waals surface area (Å²) in [6.45, 7) is 2.60. The number of carbonyl (C=O) groups is 2. The third-order valence-electron chi connectivity index (χ3n) is 6.57. The summed E-state index contributed by atoms with van der Waals surface area (Å²) in [5.74, 6) is 0.793. The molecule has 2 aromatic carbocycles. The minimum Gasteiger partial charge on any atom is -0.454 e. The number of benzene rings is 2. The van der Waals surface area contributed by atoms with Crippen molar-refractivity contribution in [3.63, 3.8) is 0 Å². The first kappa shape index (κ1) is 19.8. The molecule has 0 spiro atoms. The fourth-order valence-corrected chi connectivity index (χ4v) is 4.74. The topological polar surface area (TPSA) is 68.2 Å². The Kier molecular flexibility index (Phi) is 5.22. The molecule has 1 unspecified atom stereocenters. The Morgan fingerprint density at radius 1 is 1.06 bits per heavy atom. The van der Waals surface area contributed by atoms with Gasteiger partial charge in [-0.1, -0.05) is 44.0 Å². The van der Waals surface area contributed by atoms with Crippen molar-refractivity contribution in [2.45, 2.75) is 51.1 Å². The van der Waals surface area contributed by atoms with Crippen LogP contribution in [-0.2, 0) is 11.3 Å². The minimum atomic E-state index is -0.544. The molecule has 6 heteroatoms. The SMILES string of the molecule is C[C@H]1CCCC[C@H]1N=CC1C(=O)N(Cc2ccc3c(c2)OCO3)C(=O)c2ccccc21. The lowest BCUT2D eigenvalue weighted by atomic mass is 9.85. The first-order valence-electron chi connectivity index (χ1n) is 11.0. The van der Waals surface area contributed by atoms with Gasteiger partial charge in [0.1, 0.15) is 0 Å². The van der Waals surface area contributed by atoms with Crippen LogP contribution in [0.5, 0.6) is 11.5 Å². The molecular weight excluding hydrogens is 392 g/mol. The van der Waals surface area contributed by atoms with Crippen LogP contribution in [0.25, 0.3) is 0 Å². The Morgan fingerprint density at radius 2 is 1.87 bits per heavy atom. The molecule has 2 aromatic rings. The summed E-state index contributed by atoms with van der Waals surface area (Å²) in [6, 6.07) is 13.1. The normalized spacial score (nSPS) is 25.2. The number of amides is 2. The van der Waals surface area contributed by atoms with E-state index in [9.17, 15) is 9.59 Å². The second-order valence-corrected chi connectivity index (χ2v) is 8.61. The van der Waals surface area contributed by atoms with E-state index in [1.165, 1.54) is 24.2 Å². The first-order valence-corrected chi connectivity index (χ1v) is 11.0. The molecule has 31 heavy (non-hydrogen) atoms. The highest BCUT2D eigenvalue weighted by Gasteiger charge is 2.38. The molecule has 3 atom stereocenters. The predicted octanol–water partition coefficient (Wildman–Crippen LogP) is 4.33. The Morgan fingerprint density at radius 3 is 2.74 bits per heavy atom. The smallest absolute Gasteiger partial charge is 0.261 e. The standard InChI is InChI=1S/C25H26N2O4/c1-16-6-2-5-9-21(16)26-13-20-18-7-3-4-8-19(18)24(28)27(25(20)29)14-17-10-11-22-23(12-17)31-15-30-22/h3-4,7-8,10-13,16,20-21H,2,5-6,9,14-15H2,1H3/t16-,20?,21+/m0/s1. The molecular formula is C25H26N2O4. The predicted molar refractivity (Wildman–Crippen MR) is 117 cm³/mol. The Bertz CT molecular complexity index is 1050. The van der Waals surface area contributed by atoms with Gasteiger partial charge >= 0.3 is 0 Å². The van der Waals surface area contributed by atoms with E-state index in [2.05, 4.69) is 6.92 Å². The van der Waals surface area contributed by atoms with Gasteiger partial charge < -0.3 is 9.47 Å². The number of aliphatic imine (C=N–C) groups is 1. The van der Waals surface area contributed by atoms with Crippen LogP contribution in [0.2, 0.25) is 0 Å². The van der Waals surface area contributed by atoms with Crippen LogP contribution in [0.4, 0.5) is 0 Å². The number of imide groups is 1. The number of hydrogen-bond acceptors (Lipinski definition) is 5. The largest absolute Gasteiger partial charge is 0.454 e. The molecule has 1 aliphatic carbocycles. The zero-order valence-electron chi connectivity index (χ0n) is 17.6. The maximum Gasteiger partial charge on any atom is 0.261 e. The fourth-order valence-electron chi connectivity index (χ4n) is 4.74. The van der Waals surface area contributed by atoms with Crippen molar-refractivity contribution in [3.05, 3.63) is 59.2 Å². The molecule has 2 aliphatic heterocycles. The summed E-state index contributed by atoms with van der Waals surface area (Å²) in [5, 5.41) is 0. The van der Waals surface area contributed by atoms with Crippen molar-refractivity contribution in [2.24, 2.45) is 10.9 Å². The van der Waals surface area contributed by atoms with Gasteiger partial charge in [0.05, 0.1) is 18.5 Å². The van der Waals surface area contributed by atoms with Gasteiger partial charge in [0.15, 0.2) is 11.5 Å². The van der Waals surface area contributed by atoms with Crippen LogP contribution in [0.3, 0.4) is 0 Å². The van der Waals surface area contributed by atoms with Gasteiger partial charge in [-0.15, -0.1) is 0 Å². The van der Waals surface area contributed by atoms with Gasteiger partial charge in [0, 0.05) is 11.8 Å². The minimum absolute atomic E-state index is 0.186. The van der Waals surface area contributed by atoms with Crippen molar-refractivity contribution >= 4 is 18.0 Å². The van der Waals surface area contributed by atoms with Crippen LogP contribution in [-0.4, -0.2) is 35.8 Å². The number of ether oxygens (including phenoxy) is 2. The molecule has 0 aromatic heterocycles. The van der Waals surface area contributed by atoms with Gasteiger partial charge in [-0.2, -0.15) is 0 Å². The van der Waals surface area contributed by atoms with Crippen LogP contribution in [0, 0.1) is 5.92 Å². The van der Waals surface area contributed by atoms with Crippen molar-refractivity contribution in [2.75, 3.05) is 6.79 Å². The number of nitrogens with zero attached hydrogens (tertiary/aromatic N) is 2. The molecule has 3 aliphatic rings. The lowest BCUT2D eigenvalue weighted by Gasteiger charge is -2.32. The van der Waals surface area contributed by atoms with Crippen LogP contribution in [0.15, 0.2) is 47.5 Å². The molecule has 0 saturated heterocycles. The molecule has 160 valence electrons. The van der Waals surface area contributed by atoms with Crippen molar-refractivity contribution in [1.82, 2.24) is 4.90 Å². The quantitative estimate of drug-likeness (QED) is 0.547. The first-order chi connectivity index (χ1) is 15.1. The van der Waals surface area contributed by atoms with Gasteiger partial charge in [-0.25, -0.2) is 0 Å². The van der Waals surface area contributed by atoms with Crippen molar-refractivity contribution < 1.29 is 19.1 Å². The van der Waals surface area contributed by atoms with E-state index in [1.54, 1.807) is 12.3 Å². The summed E-state index contributed by atoms with van der Waals surface area (Å²) in [4.78, 5) is 32.8. The molecule has 1 fully saturated rings. The van der Waals surface area contributed by atoms with Crippen LogP contribution >= 0.6 is 0 Å². The van der Waals surface area contributed by atoms with E-state index in [1.807, 2.05) is 36.4 Å². The van der Waals surface area contributed by atoms with E-state index >= 15 is 0 Å². The third-order valence-corrected chi connectivity index (χ3v) is 6.57. The number of hydrogen-bond donors (Lipinski definition) is 0. The van der Waals surface area contributed by atoms with Crippen LogP contribution < -0.4 is 9.47 Å². The molecule has 0 bridgehead atoms. The van der Waals surface area contributed by atoms with Gasteiger partial charge in [0.2, 0.25) is 12.7 Å². The average molecular weight is 418 g/mol. The van der Waals surface area contributed by atoms with E-state index in [-0.39, 0.29) is 31.2 Å². The monoisotopic (exact) mass is 418 g/mol. The second kappa shape index (κ2) is 8.17. The van der Waals surface area contributed by atoms with Crippen LogP contribution in [0.1, 0.15) is 60.0 Å². The average Bonchev–Trinajstić information content (AvgIpc) is 3.26. The molecule has 2 heterocycles. The molecule has 1 saturated carbocycles. The summed E-state index contributed by atoms with van der Waals surface area (Å²) in [6.07, 6.45) is 6.44. The Labute approximate surface area is 181 Å². The zero-order chi connectivity index (χ0) is 21.4. The van der Waals surface area contributed by atoms with E-state index in [0.29, 0.717) is 23.0 Å². The van der Waals surface area contributed by atoms with E-state index in [0.717, 1.165) is 17.5 Å². The fraction of sp³-hybridized carbons (Fsp3) is 0.400. The highest BCUT2D eigenvalue weighted by Crippen LogP contribution is 2.35. The molecule has 5 rings (SSSR count). The summed E-state index contributed by atoms with van der Waals surface area (Å²) >= 11 is 0. The zero-order valence-corrected chi connectivity index (χ0v) is 17.6. The highest BCUT2D eigenvalue weighted by atomic mass is 16.7. The number of fused-ring (bicyclic) bond motifs is 2. The summed E-state index contributed by atoms with van der Waals surface area (Å²) in [5.41, 5.74) is 2.13. The highest BCUT2D eigenvalue weighted by molar-refractivity contribution is 6.16. The molecule has 6 nitrogen and oxygen atoms in total. The van der Waals surface area contributed by atoms with E-state index in [4.69, 9.17) is 14.5 Å². The maximum atomic E-state index is 13.4. The Hall–Kier alpha value is -3.15. The summed E-state index contributed by atoms with van der Waals surface area (Å²) < 4.78 is 10.8. The maximum absolute atomic E-state index is 13.4. The Balaban J connectivity index is 1.44. The van der Waals surface area contributed by atoms with Crippen molar-refractivity contribution in [3.8, 4) is 11.5 Å². The van der Waals surface area contributed by atoms with Gasteiger partial charge in [-0.3, -0.25) is 19.5 Å².